The van der Waals surface area contributed by atoms with Gasteiger partial charge in [-0.2, -0.15) is 5.10 Å². The van der Waals surface area contributed by atoms with Crippen LogP contribution >= 0.6 is 11.6 Å². The van der Waals surface area contributed by atoms with E-state index in [2.05, 4.69) is 22.1 Å². The van der Waals surface area contributed by atoms with Crippen molar-refractivity contribution in [2.75, 3.05) is 18.1 Å². The second kappa shape index (κ2) is 7.28. The zero-order chi connectivity index (χ0) is 18.8. The van der Waals surface area contributed by atoms with Crippen LogP contribution in [0.5, 0.6) is 5.88 Å². The van der Waals surface area contributed by atoms with Gasteiger partial charge in [0.1, 0.15) is 5.56 Å². The maximum atomic E-state index is 12.8. The summed E-state index contributed by atoms with van der Waals surface area (Å²) in [4.78, 5) is 12.8. The van der Waals surface area contributed by atoms with Gasteiger partial charge in [-0.05, 0) is 18.6 Å². The highest BCUT2D eigenvalue weighted by molar-refractivity contribution is 7.90. The Balaban J connectivity index is 2.65. The summed E-state index contributed by atoms with van der Waals surface area (Å²) in [7, 11) is -3.56. The van der Waals surface area contributed by atoms with Gasteiger partial charge in [0.15, 0.2) is 9.84 Å². The van der Waals surface area contributed by atoms with E-state index in [1.165, 1.54) is 18.2 Å². The Bertz CT molecular complexity index is 935. The number of hydrogen-bond acceptors (Lipinski definition) is 6. The number of hydrogen-bond donors (Lipinski definition) is 3. The van der Waals surface area contributed by atoms with Crippen LogP contribution < -0.4 is 5.32 Å². The fourth-order valence-electron chi connectivity index (χ4n) is 2.38. The Morgan fingerprint density at radius 2 is 2.16 bits per heavy atom. The molecule has 0 aliphatic carbocycles. The van der Waals surface area contributed by atoms with Crippen LogP contribution in [0, 0.1) is 0 Å². The Kier molecular flexibility index (Phi) is 5.54. The summed E-state index contributed by atoms with van der Waals surface area (Å²) < 4.78 is 23.9. The second-order valence-electron chi connectivity index (χ2n) is 5.32. The van der Waals surface area contributed by atoms with Gasteiger partial charge in [0.2, 0.25) is 11.7 Å². The number of aromatic hydroxyl groups is 1. The third-order valence-corrected chi connectivity index (χ3v) is 5.09. The molecule has 1 aromatic heterocycles. The van der Waals surface area contributed by atoms with E-state index in [1.54, 1.807) is 6.92 Å². The average molecular weight is 384 g/mol. The van der Waals surface area contributed by atoms with Gasteiger partial charge in [-0.25, -0.2) is 13.5 Å². The van der Waals surface area contributed by atoms with Crippen LogP contribution in [0.4, 0.5) is 5.69 Å². The standard InChI is InChI=1S/C16H18ClN3O4S/c1-4-8-18-14-11(25(3,23)24)7-6-9(13(14)17)15(21)12-10(5-2)19-20-16(12)22/h4,6-7,18H,1,5,8H2,2-3H3,(H2,19,20,22). The lowest BCUT2D eigenvalue weighted by Crippen LogP contribution is -2.11. The number of ketones is 1. The SMILES string of the molecule is C=CCNc1c(S(C)(=O)=O)ccc(C(=O)c2c(CC)n[nH]c2O)c1Cl. The maximum Gasteiger partial charge on any atom is 0.218 e. The lowest BCUT2D eigenvalue weighted by Gasteiger charge is -2.14. The topological polar surface area (TPSA) is 112 Å². The highest BCUT2D eigenvalue weighted by atomic mass is 35.5. The normalized spacial score (nSPS) is 11.3. The molecule has 2 aromatic rings. The van der Waals surface area contributed by atoms with Gasteiger partial charge >= 0.3 is 0 Å². The monoisotopic (exact) mass is 383 g/mol. The Morgan fingerprint density at radius 3 is 2.72 bits per heavy atom. The van der Waals surface area contributed by atoms with Crippen LogP contribution in [-0.4, -0.2) is 42.3 Å². The van der Waals surface area contributed by atoms with Crippen molar-refractivity contribution < 1.29 is 18.3 Å². The Labute approximate surface area is 150 Å². The van der Waals surface area contributed by atoms with E-state index in [0.29, 0.717) is 12.1 Å². The molecule has 0 radical (unpaired) electrons. The molecule has 0 saturated carbocycles. The number of sulfone groups is 1. The van der Waals surface area contributed by atoms with Gasteiger partial charge in [-0.15, -0.1) is 6.58 Å². The minimum atomic E-state index is -3.56. The molecular formula is C16H18ClN3O4S. The maximum absolute atomic E-state index is 12.8. The molecule has 0 bridgehead atoms. The number of H-pyrrole nitrogens is 1. The Hall–Kier alpha value is -2.32. The highest BCUT2D eigenvalue weighted by Crippen LogP contribution is 2.35. The molecule has 0 saturated heterocycles. The van der Waals surface area contributed by atoms with Crippen molar-refractivity contribution in [3.8, 4) is 5.88 Å². The predicted octanol–water partition coefficient (Wildman–Crippen LogP) is 2.56. The van der Waals surface area contributed by atoms with Gasteiger partial charge in [-0.1, -0.05) is 24.6 Å². The number of carbonyl (C=O) groups excluding carboxylic acids is 1. The second-order valence-corrected chi connectivity index (χ2v) is 7.68. The summed E-state index contributed by atoms with van der Waals surface area (Å²) in [5, 5.41) is 18.9. The fraction of sp³-hybridized carbons (Fsp3) is 0.250. The van der Waals surface area contributed by atoms with Crippen molar-refractivity contribution in [2.45, 2.75) is 18.2 Å². The molecule has 3 N–H and O–H groups in total. The molecule has 2 rings (SSSR count). The molecule has 1 aromatic carbocycles. The molecule has 9 heteroatoms. The van der Waals surface area contributed by atoms with E-state index in [1.807, 2.05) is 0 Å². The van der Waals surface area contributed by atoms with Crippen molar-refractivity contribution in [3.05, 3.63) is 46.6 Å². The summed E-state index contributed by atoms with van der Waals surface area (Å²) >= 11 is 6.32. The minimum absolute atomic E-state index is 0.0196. The van der Waals surface area contributed by atoms with E-state index in [9.17, 15) is 18.3 Å². The minimum Gasteiger partial charge on any atom is -0.493 e. The van der Waals surface area contributed by atoms with Crippen LogP contribution in [0.25, 0.3) is 0 Å². The first-order valence-corrected chi connectivity index (χ1v) is 9.67. The first kappa shape index (κ1) is 19.0. The quantitative estimate of drug-likeness (QED) is 0.500. The van der Waals surface area contributed by atoms with Gasteiger partial charge in [0, 0.05) is 18.4 Å². The molecule has 25 heavy (non-hydrogen) atoms. The van der Waals surface area contributed by atoms with Crippen molar-refractivity contribution in [3.63, 3.8) is 0 Å². The lowest BCUT2D eigenvalue weighted by atomic mass is 10.0. The summed E-state index contributed by atoms with van der Waals surface area (Å²) in [6.45, 7) is 5.61. The van der Waals surface area contributed by atoms with Gasteiger partial charge in [0.25, 0.3) is 0 Å². The molecule has 0 spiro atoms. The number of aryl methyl sites for hydroxylation is 1. The van der Waals surface area contributed by atoms with Crippen molar-refractivity contribution in [2.24, 2.45) is 0 Å². The number of rotatable bonds is 7. The molecular weight excluding hydrogens is 366 g/mol. The summed E-state index contributed by atoms with van der Waals surface area (Å²) in [5.41, 5.74) is 0.598. The first-order chi connectivity index (χ1) is 11.7. The average Bonchev–Trinajstić information content (AvgIpc) is 2.92. The van der Waals surface area contributed by atoms with E-state index in [-0.39, 0.29) is 39.2 Å². The first-order valence-electron chi connectivity index (χ1n) is 7.40. The number of anilines is 1. The number of nitrogens with one attached hydrogen (secondary N) is 2. The molecule has 0 aliphatic heterocycles. The van der Waals surface area contributed by atoms with Crippen LogP contribution in [0.3, 0.4) is 0 Å². The third kappa shape index (κ3) is 3.69. The van der Waals surface area contributed by atoms with Crippen molar-refractivity contribution >= 4 is 32.9 Å². The third-order valence-electron chi connectivity index (χ3n) is 3.56. The zero-order valence-corrected chi connectivity index (χ0v) is 15.3. The van der Waals surface area contributed by atoms with E-state index in [4.69, 9.17) is 11.6 Å². The number of aromatic amines is 1. The van der Waals surface area contributed by atoms with Crippen LogP contribution in [0.15, 0.2) is 29.7 Å². The zero-order valence-electron chi connectivity index (χ0n) is 13.8. The summed E-state index contributed by atoms with van der Waals surface area (Å²) in [6, 6.07) is 2.63. The number of carbonyl (C=O) groups is 1. The molecule has 1 heterocycles. The lowest BCUT2D eigenvalue weighted by molar-refractivity contribution is 0.103. The van der Waals surface area contributed by atoms with Gasteiger partial charge in [-0.3, -0.25) is 4.79 Å². The largest absolute Gasteiger partial charge is 0.493 e. The predicted molar refractivity (Wildman–Crippen MR) is 96.3 cm³/mol. The van der Waals surface area contributed by atoms with E-state index < -0.39 is 15.6 Å². The van der Waals surface area contributed by atoms with Crippen molar-refractivity contribution in [1.82, 2.24) is 10.2 Å². The number of benzene rings is 1. The molecule has 7 nitrogen and oxygen atoms in total. The Morgan fingerprint density at radius 1 is 1.48 bits per heavy atom. The molecule has 0 unspecified atom stereocenters. The molecule has 0 aliphatic rings. The molecule has 0 amide bonds. The smallest absolute Gasteiger partial charge is 0.218 e. The summed E-state index contributed by atoms with van der Waals surface area (Å²) in [5.74, 6) is -0.902. The van der Waals surface area contributed by atoms with Crippen LogP contribution in [0.2, 0.25) is 5.02 Å². The number of halogens is 1. The number of aromatic nitrogens is 2. The highest BCUT2D eigenvalue weighted by Gasteiger charge is 2.26. The molecule has 134 valence electrons. The number of nitrogens with zero attached hydrogens (tertiary/aromatic N) is 1. The van der Waals surface area contributed by atoms with E-state index in [0.717, 1.165) is 6.26 Å². The fourth-order valence-corrected chi connectivity index (χ4v) is 3.61. The molecule has 0 atom stereocenters. The van der Waals surface area contributed by atoms with Gasteiger partial charge in [0.05, 0.1) is 21.3 Å². The van der Waals surface area contributed by atoms with Crippen molar-refractivity contribution in [1.29, 1.82) is 0 Å². The van der Waals surface area contributed by atoms with Crippen LogP contribution in [0.1, 0.15) is 28.5 Å². The summed E-state index contributed by atoms with van der Waals surface area (Å²) in [6.07, 6.45) is 3.02. The molecule has 0 fully saturated rings. The van der Waals surface area contributed by atoms with Crippen LogP contribution in [-0.2, 0) is 16.3 Å². The van der Waals surface area contributed by atoms with E-state index >= 15 is 0 Å². The van der Waals surface area contributed by atoms with Gasteiger partial charge < -0.3 is 10.4 Å².